The van der Waals surface area contributed by atoms with Gasteiger partial charge >= 0.3 is 0 Å². The summed E-state index contributed by atoms with van der Waals surface area (Å²) >= 11 is 0. The van der Waals surface area contributed by atoms with Crippen LogP contribution in [0, 0.1) is 6.92 Å². The van der Waals surface area contributed by atoms with E-state index in [1.807, 2.05) is 19.1 Å². The Morgan fingerprint density at radius 1 is 1.20 bits per heavy atom. The van der Waals surface area contributed by atoms with Gasteiger partial charge in [0, 0.05) is 0 Å². The molecule has 0 atom stereocenters. The summed E-state index contributed by atoms with van der Waals surface area (Å²) in [6, 6.07) is 7.39. The van der Waals surface area contributed by atoms with Crippen LogP contribution in [0.5, 0.6) is 0 Å². The van der Waals surface area contributed by atoms with Gasteiger partial charge in [0.05, 0.1) is 5.69 Å². The van der Waals surface area contributed by atoms with Crippen LogP contribution in [0.15, 0.2) is 24.3 Å². The molecule has 3 heteroatoms. The van der Waals surface area contributed by atoms with Crippen molar-refractivity contribution in [2.45, 2.75) is 6.92 Å². The molecule has 0 saturated heterocycles. The third-order valence-electron chi connectivity index (χ3n) is 1.24. The lowest BCUT2D eigenvalue weighted by Gasteiger charge is -1.99. The fourth-order valence-corrected chi connectivity index (χ4v) is 0.691. The first-order valence-corrected chi connectivity index (χ1v) is 3.01. The smallest absolute Gasteiger partial charge is 0.0512 e. The van der Waals surface area contributed by atoms with Gasteiger partial charge in [0.15, 0.2) is 0 Å². The quantitative estimate of drug-likeness (QED) is 0.483. The van der Waals surface area contributed by atoms with E-state index >= 15 is 0 Å². The van der Waals surface area contributed by atoms with E-state index in [9.17, 15) is 4.48 Å². The summed E-state index contributed by atoms with van der Waals surface area (Å²) in [5.74, 6) is 0. The third-order valence-corrected chi connectivity index (χ3v) is 1.24. The van der Waals surface area contributed by atoms with Crippen molar-refractivity contribution in [1.29, 1.82) is 0 Å². The Labute approximate surface area is 59.0 Å². The highest BCUT2D eigenvalue weighted by molar-refractivity contribution is 5.42. The number of anilines is 1. The second-order valence-electron chi connectivity index (χ2n) is 2.09. The Balaban J connectivity index is 2.69. The van der Waals surface area contributed by atoms with Crippen LogP contribution in [0.2, 0.25) is 0 Å². The van der Waals surface area contributed by atoms with E-state index in [1.54, 1.807) is 12.1 Å². The van der Waals surface area contributed by atoms with E-state index in [-0.39, 0.29) is 0 Å². The fourth-order valence-electron chi connectivity index (χ4n) is 0.691. The zero-order valence-electron chi connectivity index (χ0n) is 5.69. The number of rotatable bonds is 2. The molecule has 0 unspecified atom stereocenters. The van der Waals surface area contributed by atoms with Crippen molar-refractivity contribution < 1.29 is 4.48 Å². The molecule has 10 heavy (non-hydrogen) atoms. The standard InChI is InChI=1S/C7H9FN2/c1-6-2-4-7(5-3-6)9-10-8/h2-5,9-10H,1H3. The van der Waals surface area contributed by atoms with Crippen molar-refractivity contribution in [2.24, 2.45) is 0 Å². The second kappa shape index (κ2) is 3.17. The monoisotopic (exact) mass is 140 g/mol. The highest BCUT2D eigenvalue weighted by Gasteiger charge is 1.86. The molecule has 0 bridgehead atoms. The molecule has 0 spiro atoms. The summed E-state index contributed by atoms with van der Waals surface area (Å²) in [5.41, 5.74) is 5.54. The van der Waals surface area contributed by atoms with Gasteiger partial charge in [-0.15, -0.1) is 4.48 Å². The van der Waals surface area contributed by atoms with Gasteiger partial charge in [-0.3, -0.25) is 5.43 Å². The maximum absolute atomic E-state index is 11.4. The molecule has 1 rings (SSSR count). The molecule has 0 saturated carbocycles. The Morgan fingerprint density at radius 2 is 1.80 bits per heavy atom. The fraction of sp³-hybridized carbons (Fsp3) is 0.143. The number of hydrogen-bond donors (Lipinski definition) is 2. The van der Waals surface area contributed by atoms with Crippen molar-refractivity contribution in [2.75, 3.05) is 5.43 Å². The van der Waals surface area contributed by atoms with Crippen LogP contribution >= 0.6 is 0 Å². The number of halogens is 1. The zero-order chi connectivity index (χ0) is 7.40. The molecule has 0 aliphatic carbocycles. The largest absolute Gasteiger partial charge is 0.295 e. The second-order valence-corrected chi connectivity index (χ2v) is 2.09. The van der Waals surface area contributed by atoms with E-state index < -0.39 is 0 Å². The predicted molar refractivity (Wildman–Crippen MR) is 39.0 cm³/mol. The van der Waals surface area contributed by atoms with Crippen molar-refractivity contribution in [3.8, 4) is 0 Å². The van der Waals surface area contributed by atoms with E-state index in [0.717, 1.165) is 5.56 Å². The molecule has 54 valence electrons. The predicted octanol–water partition coefficient (Wildman–Crippen LogP) is 1.80. The van der Waals surface area contributed by atoms with Gasteiger partial charge in [0.25, 0.3) is 0 Å². The Bertz CT molecular complexity index is 195. The first-order chi connectivity index (χ1) is 4.83. The minimum atomic E-state index is 0.716. The summed E-state index contributed by atoms with van der Waals surface area (Å²) in [6.07, 6.45) is 0. The number of hydrazine groups is 1. The average molecular weight is 140 g/mol. The van der Waals surface area contributed by atoms with Gasteiger partial charge in [-0.05, 0) is 19.1 Å². The summed E-state index contributed by atoms with van der Waals surface area (Å²) in [6.45, 7) is 1.98. The summed E-state index contributed by atoms with van der Waals surface area (Å²) in [7, 11) is 0. The summed E-state index contributed by atoms with van der Waals surface area (Å²) in [5, 5.41) is 0. The highest BCUT2D eigenvalue weighted by Crippen LogP contribution is 2.06. The maximum Gasteiger partial charge on any atom is 0.0512 e. The molecule has 0 aliphatic heterocycles. The van der Waals surface area contributed by atoms with Crippen LogP contribution in [0.4, 0.5) is 10.2 Å². The Hall–Kier alpha value is -1.09. The molecule has 0 amide bonds. The average Bonchev–Trinajstić information content (AvgIpc) is 1.95. The van der Waals surface area contributed by atoms with Gasteiger partial charge in [-0.25, -0.2) is 0 Å². The SMILES string of the molecule is Cc1ccc(NNF)cc1. The van der Waals surface area contributed by atoms with Gasteiger partial charge in [0.1, 0.15) is 0 Å². The molecule has 2 nitrogen and oxygen atoms in total. The van der Waals surface area contributed by atoms with Crippen LogP contribution in [0.25, 0.3) is 0 Å². The topological polar surface area (TPSA) is 24.1 Å². The van der Waals surface area contributed by atoms with Crippen molar-refractivity contribution in [1.82, 2.24) is 5.65 Å². The van der Waals surface area contributed by atoms with Crippen LogP contribution in [0.1, 0.15) is 5.56 Å². The molecule has 1 aromatic rings. The molecule has 0 radical (unpaired) electrons. The van der Waals surface area contributed by atoms with Crippen molar-refractivity contribution in [3.63, 3.8) is 0 Å². The summed E-state index contributed by atoms with van der Waals surface area (Å²) in [4.78, 5) is 0. The molecular formula is C7H9FN2. The Morgan fingerprint density at radius 3 is 2.30 bits per heavy atom. The number of aryl methyl sites for hydroxylation is 1. The minimum absolute atomic E-state index is 0.716. The van der Waals surface area contributed by atoms with E-state index in [1.165, 1.54) is 5.65 Å². The van der Waals surface area contributed by atoms with Gasteiger partial charge in [-0.2, -0.15) is 0 Å². The van der Waals surface area contributed by atoms with Crippen LogP contribution in [-0.4, -0.2) is 0 Å². The lowest BCUT2D eigenvalue weighted by molar-refractivity contribution is 0.376. The molecule has 0 fully saturated rings. The van der Waals surface area contributed by atoms with Crippen LogP contribution < -0.4 is 11.1 Å². The van der Waals surface area contributed by atoms with Gasteiger partial charge in [0.2, 0.25) is 0 Å². The molecular weight excluding hydrogens is 131 g/mol. The van der Waals surface area contributed by atoms with Gasteiger partial charge < -0.3 is 0 Å². The molecule has 0 aliphatic rings. The van der Waals surface area contributed by atoms with E-state index in [0.29, 0.717) is 5.69 Å². The van der Waals surface area contributed by atoms with Crippen molar-refractivity contribution >= 4 is 5.69 Å². The minimum Gasteiger partial charge on any atom is -0.295 e. The maximum atomic E-state index is 11.4. The molecule has 1 aromatic carbocycles. The van der Waals surface area contributed by atoms with E-state index in [2.05, 4.69) is 5.43 Å². The normalized spacial score (nSPS) is 9.40. The first kappa shape index (κ1) is 7.02. The number of benzene rings is 1. The lowest BCUT2D eigenvalue weighted by atomic mass is 10.2. The third kappa shape index (κ3) is 1.70. The number of nitrogens with one attached hydrogen (secondary N) is 2. The molecule has 0 heterocycles. The first-order valence-electron chi connectivity index (χ1n) is 3.01. The van der Waals surface area contributed by atoms with Gasteiger partial charge in [-0.1, -0.05) is 23.3 Å². The molecule has 2 N–H and O–H groups in total. The van der Waals surface area contributed by atoms with E-state index in [4.69, 9.17) is 0 Å². The Kier molecular flexibility index (Phi) is 2.23. The van der Waals surface area contributed by atoms with Crippen LogP contribution in [0.3, 0.4) is 0 Å². The van der Waals surface area contributed by atoms with Crippen LogP contribution in [-0.2, 0) is 0 Å². The lowest BCUT2D eigenvalue weighted by Crippen LogP contribution is -2.09. The highest BCUT2D eigenvalue weighted by atomic mass is 19.2. The zero-order valence-corrected chi connectivity index (χ0v) is 5.69. The van der Waals surface area contributed by atoms with Crippen molar-refractivity contribution in [3.05, 3.63) is 29.8 Å². The number of hydrogen-bond acceptors (Lipinski definition) is 2. The summed E-state index contributed by atoms with van der Waals surface area (Å²) < 4.78 is 11.4. The molecule has 0 aromatic heterocycles.